The Morgan fingerprint density at radius 3 is 2.57 bits per heavy atom. The molecule has 1 aliphatic heterocycles. The number of nitrogens with one attached hydrogen (secondary N) is 1. The summed E-state index contributed by atoms with van der Waals surface area (Å²) in [6, 6.07) is 12.5. The van der Waals surface area contributed by atoms with Gasteiger partial charge in [0.05, 0.1) is 5.56 Å². The van der Waals surface area contributed by atoms with Crippen LogP contribution in [0.5, 0.6) is 0 Å². The lowest BCUT2D eigenvalue weighted by Gasteiger charge is -2.38. The van der Waals surface area contributed by atoms with Gasteiger partial charge < -0.3 is 14.8 Å². The number of carbonyl (C=O) groups is 2. The molecule has 0 bridgehead atoms. The molecular formula is C22H27N3O3. The van der Waals surface area contributed by atoms with Crippen LogP contribution in [0.1, 0.15) is 42.6 Å². The zero-order valence-electron chi connectivity index (χ0n) is 16.5. The summed E-state index contributed by atoms with van der Waals surface area (Å²) >= 11 is 0. The van der Waals surface area contributed by atoms with Crippen molar-refractivity contribution in [1.82, 2.24) is 14.8 Å². The minimum absolute atomic E-state index is 0.0915. The van der Waals surface area contributed by atoms with Crippen LogP contribution in [0.2, 0.25) is 0 Å². The van der Waals surface area contributed by atoms with Gasteiger partial charge in [-0.15, -0.1) is 0 Å². The van der Waals surface area contributed by atoms with E-state index in [9.17, 15) is 14.4 Å². The molecule has 2 heterocycles. The first-order valence-corrected chi connectivity index (χ1v) is 9.64. The topological polar surface area (TPSA) is 71.4 Å². The molecule has 0 spiro atoms. The summed E-state index contributed by atoms with van der Waals surface area (Å²) in [5.41, 5.74) is 1.22. The van der Waals surface area contributed by atoms with E-state index in [1.54, 1.807) is 6.07 Å². The molecule has 28 heavy (non-hydrogen) atoms. The highest BCUT2D eigenvalue weighted by Gasteiger charge is 2.29. The Bertz CT molecular complexity index is 903. The van der Waals surface area contributed by atoms with Gasteiger partial charge in [-0.3, -0.25) is 14.4 Å². The quantitative estimate of drug-likeness (QED) is 0.865. The van der Waals surface area contributed by atoms with E-state index >= 15 is 0 Å². The van der Waals surface area contributed by atoms with Crippen molar-refractivity contribution >= 4 is 11.8 Å². The molecule has 2 amide bonds. The number of benzene rings is 1. The number of nitrogens with zero attached hydrogens (tertiary/aromatic N) is 2. The van der Waals surface area contributed by atoms with Gasteiger partial charge in [-0.05, 0) is 29.9 Å². The van der Waals surface area contributed by atoms with Gasteiger partial charge in [0.2, 0.25) is 5.91 Å². The minimum Gasteiger partial charge on any atom is -0.350 e. The van der Waals surface area contributed by atoms with Crippen molar-refractivity contribution in [3.63, 3.8) is 0 Å². The molecular weight excluding hydrogens is 354 g/mol. The van der Waals surface area contributed by atoms with Gasteiger partial charge in [-0.2, -0.15) is 0 Å². The highest BCUT2D eigenvalue weighted by Crippen LogP contribution is 2.29. The van der Waals surface area contributed by atoms with Crippen LogP contribution in [0, 0.1) is 5.41 Å². The number of piperidine rings is 1. The summed E-state index contributed by atoms with van der Waals surface area (Å²) in [5.74, 6) is -0.360. The van der Waals surface area contributed by atoms with Crippen molar-refractivity contribution in [1.29, 1.82) is 0 Å². The fourth-order valence-electron chi connectivity index (χ4n) is 3.57. The molecule has 1 saturated heterocycles. The van der Waals surface area contributed by atoms with Gasteiger partial charge >= 0.3 is 0 Å². The van der Waals surface area contributed by atoms with Crippen LogP contribution in [0.3, 0.4) is 0 Å². The Morgan fingerprint density at radius 1 is 1.11 bits per heavy atom. The number of hydrogen-bond acceptors (Lipinski definition) is 3. The second-order valence-electron chi connectivity index (χ2n) is 8.14. The maximum atomic E-state index is 12.9. The van der Waals surface area contributed by atoms with Crippen molar-refractivity contribution in [2.45, 2.75) is 39.8 Å². The van der Waals surface area contributed by atoms with E-state index in [0.717, 1.165) is 24.9 Å². The Morgan fingerprint density at radius 2 is 1.86 bits per heavy atom. The summed E-state index contributed by atoms with van der Waals surface area (Å²) in [7, 11) is 0. The Labute approximate surface area is 165 Å². The standard InChI is InChI=1S/C22H27N3O3/c1-22(2)11-6-12-24(16-22)21(28)18-9-10-20(27)25(14-18)15-19(26)23-13-17-7-4-3-5-8-17/h3-5,7-10,14H,6,11-13,15-16H2,1-2H3,(H,23,26). The van der Waals surface area contributed by atoms with Gasteiger partial charge in [0.1, 0.15) is 6.54 Å². The molecule has 3 rings (SSSR count). The smallest absolute Gasteiger partial charge is 0.255 e. The molecule has 0 saturated carbocycles. The van der Waals surface area contributed by atoms with E-state index in [0.29, 0.717) is 18.7 Å². The number of likely N-dealkylation sites (tertiary alicyclic amines) is 1. The van der Waals surface area contributed by atoms with Crippen LogP contribution < -0.4 is 10.9 Å². The molecule has 1 aromatic heterocycles. The van der Waals surface area contributed by atoms with Crippen molar-refractivity contribution in [2.24, 2.45) is 5.41 Å². The van der Waals surface area contributed by atoms with Gasteiger partial charge in [0.25, 0.3) is 11.5 Å². The molecule has 1 N–H and O–H groups in total. The Balaban J connectivity index is 1.66. The number of hydrogen-bond donors (Lipinski definition) is 1. The average molecular weight is 381 g/mol. The molecule has 6 nitrogen and oxygen atoms in total. The number of rotatable bonds is 5. The van der Waals surface area contributed by atoms with Crippen LogP contribution in [0.15, 0.2) is 53.5 Å². The molecule has 0 radical (unpaired) electrons. The molecule has 0 aliphatic carbocycles. The van der Waals surface area contributed by atoms with Crippen LogP contribution in [0.4, 0.5) is 0 Å². The second-order valence-corrected chi connectivity index (χ2v) is 8.14. The SMILES string of the molecule is CC1(C)CCCN(C(=O)c2ccc(=O)n(CC(=O)NCc3ccccc3)c2)C1. The maximum Gasteiger partial charge on any atom is 0.255 e. The first kappa shape index (κ1) is 19.9. The number of pyridine rings is 1. The predicted octanol–water partition coefficient (Wildman–Crippen LogP) is 2.43. The number of carbonyl (C=O) groups excluding carboxylic acids is 2. The highest BCUT2D eigenvalue weighted by atomic mass is 16.2. The van der Waals surface area contributed by atoms with Gasteiger partial charge in [0.15, 0.2) is 0 Å². The predicted molar refractivity (Wildman–Crippen MR) is 108 cm³/mol. The normalized spacial score (nSPS) is 15.9. The summed E-state index contributed by atoms with van der Waals surface area (Å²) < 4.78 is 1.29. The molecule has 6 heteroatoms. The molecule has 1 fully saturated rings. The number of amides is 2. The first-order valence-electron chi connectivity index (χ1n) is 9.64. The van der Waals surface area contributed by atoms with E-state index in [1.165, 1.54) is 16.8 Å². The van der Waals surface area contributed by atoms with Crippen LogP contribution in [-0.2, 0) is 17.9 Å². The highest BCUT2D eigenvalue weighted by molar-refractivity contribution is 5.94. The summed E-state index contributed by atoms with van der Waals surface area (Å²) in [6.45, 7) is 6.02. The van der Waals surface area contributed by atoms with E-state index in [2.05, 4.69) is 19.2 Å². The van der Waals surface area contributed by atoms with Crippen molar-refractivity contribution in [3.05, 3.63) is 70.1 Å². The third-order valence-electron chi connectivity index (χ3n) is 5.06. The molecule has 0 unspecified atom stereocenters. The van der Waals surface area contributed by atoms with Crippen LogP contribution in [-0.4, -0.2) is 34.4 Å². The largest absolute Gasteiger partial charge is 0.350 e. The third-order valence-corrected chi connectivity index (χ3v) is 5.06. The summed E-state index contributed by atoms with van der Waals surface area (Å²) in [6.07, 6.45) is 3.56. The lowest BCUT2D eigenvalue weighted by atomic mass is 9.84. The van der Waals surface area contributed by atoms with E-state index in [1.807, 2.05) is 35.2 Å². The van der Waals surface area contributed by atoms with E-state index in [4.69, 9.17) is 0 Å². The summed E-state index contributed by atoms with van der Waals surface area (Å²) in [5, 5.41) is 2.80. The molecule has 0 atom stereocenters. The lowest BCUT2D eigenvalue weighted by molar-refractivity contribution is -0.121. The fourth-order valence-corrected chi connectivity index (χ4v) is 3.57. The van der Waals surface area contributed by atoms with Crippen molar-refractivity contribution in [3.8, 4) is 0 Å². The molecule has 2 aromatic rings. The molecule has 1 aromatic carbocycles. The average Bonchev–Trinajstić information content (AvgIpc) is 2.67. The minimum atomic E-state index is -0.301. The van der Waals surface area contributed by atoms with Gasteiger partial charge in [0, 0.05) is 31.9 Å². The van der Waals surface area contributed by atoms with Gasteiger partial charge in [-0.1, -0.05) is 44.2 Å². The number of aromatic nitrogens is 1. The molecule has 148 valence electrons. The van der Waals surface area contributed by atoms with Crippen LogP contribution in [0.25, 0.3) is 0 Å². The maximum absolute atomic E-state index is 12.9. The zero-order chi connectivity index (χ0) is 20.1. The molecule has 1 aliphatic rings. The zero-order valence-corrected chi connectivity index (χ0v) is 16.5. The van der Waals surface area contributed by atoms with E-state index in [-0.39, 0.29) is 29.3 Å². The van der Waals surface area contributed by atoms with Crippen molar-refractivity contribution < 1.29 is 9.59 Å². The fraction of sp³-hybridized carbons (Fsp3) is 0.409. The second kappa shape index (κ2) is 8.42. The Hall–Kier alpha value is -2.89. The monoisotopic (exact) mass is 381 g/mol. The third kappa shape index (κ3) is 5.09. The van der Waals surface area contributed by atoms with Crippen LogP contribution >= 0.6 is 0 Å². The van der Waals surface area contributed by atoms with E-state index < -0.39 is 0 Å². The first-order chi connectivity index (χ1) is 13.3. The Kier molecular flexibility index (Phi) is 5.97. The summed E-state index contributed by atoms with van der Waals surface area (Å²) in [4.78, 5) is 39.1. The van der Waals surface area contributed by atoms with Crippen molar-refractivity contribution in [2.75, 3.05) is 13.1 Å². The lowest BCUT2D eigenvalue weighted by Crippen LogP contribution is -2.44. The van der Waals surface area contributed by atoms with Gasteiger partial charge in [-0.25, -0.2) is 0 Å².